The Kier molecular flexibility index (Phi) is 8.01. The third-order valence-electron chi connectivity index (χ3n) is 4.38. The molecule has 3 aromatic rings. The van der Waals surface area contributed by atoms with Gasteiger partial charge in [0.15, 0.2) is 0 Å². The second-order valence-electron chi connectivity index (χ2n) is 7.32. The number of ketones is 1. The van der Waals surface area contributed by atoms with Crippen molar-refractivity contribution in [3.63, 3.8) is 0 Å². The Bertz CT molecular complexity index is 1210. The molecule has 3 rings (SSSR count). The van der Waals surface area contributed by atoms with Crippen LogP contribution in [0.15, 0.2) is 59.8 Å². The summed E-state index contributed by atoms with van der Waals surface area (Å²) in [5.41, 5.74) is 0.929. The number of aromatic nitrogens is 2. The van der Waals surface area contributed by atoms with Crippen molar-refractivity contribution in [2.75, 3.05) is 11.3 Å². The van der Waals surface area contributed by atoms with Crippen molar-refractivity contribution in [1.82, 2.24) is 9.97 Å². The molecule has 1 N–H and O–H groups in total. The van der Waals surface area contributed by atoms with E-state index >= 15 is 0 Å². The number of rotatable bonds is 10. The predicted molar refractivity (Wildman–Crippen MR) is 125 cm³/mol. The van der Waals surface area contributed by atoms with Crippen LogP contribution in [0.4, 0.5) is 5.69 Å². The molecule has 0 saturated heterocycles. The van der Waals surface area contributed by atoms with Gasteiger partial charge in [0.05, 0.1) is 28.3 Å². The molecule has 0 aliphatic rings. The summed E-state index contributed by atoms with van der Waals surface area (Å²) in [6, 6.07) is 10.7. The molecule has 2 heterocycles. The monoisotopic (exact) mass is 489 g/mol. The average Bonchev–Trinajstić information content (AvgIpc) is 2.77. The maximum atomic E-state index is 13.0. The standard InChI is InChI=1S/C23H24ClN3O5S/c1-4-31-14-16-5-8-19(9-6-16)33(29,30)27-20-11-18(24)13-26-22(20)23(28)17-7-10-21(25-12-17)32-15(2)3/h5-13,15,27H,4,14H2,1-3H3. The van der Waals surface area contributed by atoms with Crippen LogP contribution in [0, 0.1) is 0 Å². The molecule has 0 radical (unpaired) electrons. The largest absolute Gasteiger partial charge is 0.475 e. The minimum absolute atomic E-state index is 0.0259. The fraction of sp³-hybridized carbons (Fsp3) is 0.261. The molecule has 174 valence electrons. The van der Waals surface area contributed by atoms with E-state index in [1.54, 1.807) is 24.3 Å². The second-order valence-corrected chi connectivity index (χ2v) is 9.44. The molecule has 33 heavy (non-hydrogen) atoms. The summed E-state index contributed by atoms with van der Waals surface area (Å²) in [6.45, 7) is 6.55. The van der Waals surface area contributed by atoms with Gasteiger partial charge in [0.1, 0.15) is 5.69 Å². The Morgan fingerprint density at radius 1 is 1.09 bits per heavy atom. The fourth-order valence-electron chi connectivity index (χ4n) is 2.85. The molecule has 10 heteroatoms. The van der Waals surface area contributed by atoms with Crippen molar-refractivity contribution in [2.45, 2.75) is 38.4 Å². The average molecular weight is 490 g/mol. The first-order chi connectivity index (χ1) is 15.7. The van der Waals surface area contributed by atoms with E-state index < -0.39 is 15.8 Å². The molecule has 0 amide bonds. The summed E-state index contributed by atoms with van der Waals surface area (Å²) in [6.07, 6.45) is 2.57. The number of halogens is 1. The molecular weight excluding hydrogens is 466 g/mol. The molecule has 8 nitrogen and oxygen atoms in total. The first-order valence-corrected chi connectivity index (χ1v) is 12.1. The van der Waals surface area contributed by atoms with Crippen LogP contribution in [0.5, 0.6) is 5.88 Å². The lowest BCUT2D eigenvalue weighted by atomic mass is 10.1. The lowest BCUT2D eigenvalue weighted by Crippen LogP contribution is -2.17. The van der Waals surface area contributed by atoms with Gasteiger partial charge in [-0.1, -0.05) is 23.7 Å². The van der Waals surface area contributed by atoms with E-state index in [1.165, 1.54) is 30.6 Å². The zero-order valence-electron chi connectivity index (χ0n) is 18.4. The number of sulfonamides is 1. The number of anilines is 1. The van der Waals surface area contributed by atoms with Gasteiger partial charge < -0.3 is 9.47 Å². The lowest BCUT2D eigenvalue weighted by Gasteiger charge is -2.13. The summed E-state index contributed by atoms with van der Waals surface area (Å²) in [4.78, 5) is 21.3. The van der Waals surface area contributed by atoms with Gasteiger partial charge in [0.25, 0.3) is 10.0 Å². The Hall–Kier alpha value is -3.01. The quantitative estimate of drug-likeness (QED) is 0.418. The first kappa shape index (κ1) is 24.6. The highest BCUT2D eigenvalue weighted by Gasteiger charge is 2.22. The summed E-state index contributed by atoms with van der Waals surface area (Å²) in [5.74, 6) is -0.139. The normalized spacial score (nSPS) is 11.4. The summed E-state index contributed by atoms with van der Waals surface area (Å²) in [7, 11) is -4.00. The Labute approximate surface area is 198 Å². The van der Waals surface area contributed by atoms with E-state index in [0.29, 0.717) is 19.1 Å². The van der Waals surface area contributed by atoms with Gasteiger partial charge in [-0.15, -0.1) is 0 Å². The van der Waals surface area contributed by atoms with Gasteiger partial charge in [-0.3, -0.25) is 9.52 Å². The zero-order chi connectivity index (χ0) is 24.0. The highest BCUT2D eigenvalue weighted by atomic mass is 35.5. The van der Waals surface area contributed by atoms with Crippen LogP contribution in [-0.4, -0.2) is 36.9 Å². The Morgan fingerprint density at radius 2 is 1.82 bits per heavy atom. The van der Waals surface area contributed by atoms with Gasteiger partial charge in [-0.2, -0.15) is 0 Å². The molecule has 0 fully saturated rings. The van der Waals surface area contributed by atoms with E-state index in [-0.39, 0.29) is 33.0 Å². The number of carbonyl (C=O) groups excluding carboxylic acids is 1. The first-order valence-electron chi connectivity index (χ1n) is 10.2. The second kappa shape index (κ2) is 10.7. The number of ether oxygens (including phenoxy) is 2. The molecule has 0 unspecified atom stereocenters. The minimum Gasteiger partial charge on any atom is -0.475 e. The highest BCUT2D eigenvalue weighted by Crippen LogP contribution is 2.25. The van der Waals surface area contributed by atoms with Crippen molar-refractivity contribution >= 4 is 33.1 Å². The number of hydrogen-bond donors (Lipinski definition) is 1. The third kappa shape index (κ3) is 6.50. The highest BCUT2D eigenvalue weighted by molar-refractivity contribution is 7.92. The van der Waals surface area contributed by atoms with E-state index in [2.05, 4.69) is 14.7 Å². The molecule has 1 aromatic carbocycles. The van der Waals surface area contributed by atoms with E-state index in [1.807, 2.05) is 20.8 Å². The topological polar surface area (TPSA) is 107 Å². The van der Waals surface area contributed by atoms with Gasteiger partial charge in [0.2, 0.25) is 11.7 Å². The van der Waals surface area contributed by atoms with Crippen LogP contribution in [0.1, 0.15) is 42.4 Å². The Balaban J connectivity index is 1.87. The molecule has 0 spiro atoms. The fourth-order valence-corrected chi connectivity index (χ4v) is 4.06. The molecule has 0 aliphatic carbocycles. The minimum atomic E-state index is -4.00. The summed E-state index contributed by atoms with van der Waals surface area (Å²) >= 11 is 6.03. The maximum Gasteiger partial charge on any atom is 0.261 e. The van der Waals surface area contributed by atoms with Gasteiger partial charge in [-0.05, 0) is 50.6 Å². The van der Waals surface area contributed by atoms with E-state index in [4.69, 9.17) is 21.1 Å². The number of benzene rings is 1. The van der Waals surface area contributed by atoms with Crippen LogP contribution in [0.2, 0.25) is 5.02 Å². The van der Waals surface area contributed by atoms with E-state index in [0.717, 1.165) is 5.56 Å². The molecule has 0 aliphatic heterocycles. The smallest absolute Gasteiger partial charge is 0.261 e. The van der Waals surface area contributed by atoms with Gasteiger partial charge in [-0.25, -0.2) is 18.4 Å². The van der Waals surface area contributed by atoms with Crippen molar-refractivity contribution in [3.05, 3.63) is 76.7 Å². The van der Waals surface area contributed by atoms with Crippen LogP contribution in [-0.2, 0) is 21.4 Å². The summed E-state index contributed by atoms with van der Waals surface area (Å²) in [5, 5.41) is 0.176. The van der Waals surface area contributed by atoms with E-state index in [9.17, 15) is 13.2 Å². The van der Waals surface area contributed by atoms with Crippen LogP contribution < -0.4 is 9.46 Å². The molecule has 0 saturated carbocycles. The van der Waals surface area contributed by atoms with Crippen LogP contribution in [0.3, 0.4) is 0 Å². The predicted octanol–water partition coefficient (Wildman–Crippen LogP) is 4.49. The summed E-state index contributed by atoms with van der Waals surface area (Å²) < 4.78 is 39.1. The maximum absolute atomic E-state index is 13.0. The zero-order valence-corrected chi connectivity index (χ0v) is 20.0. The van der Waals surface area contributed by atoms with Crippen molar-refractivity contribution < 1.29 is 22.7 Å². The molecule has 0 bridgehead atoms. The number of nitrogens with zero attached hydrogens (tertiary/aromatic N) is 2. The van der Waals surface area contributed by atoms with Crippen molar-refractivity contribution in [1.29, 1.82) is 0 Å². The van der Waals surface area contributed by atoms with Crippen molar-refractivity contribution in [2.24, 2.45) is 0 Å². The number of nitrogens with one attached hydrogen (secondary N) is 1. The molecular formula is C23H24ClN3O5S. The molecule has 0 atom stereocenters. The third-order valence-corrected chi connectivity index (χ3v) is 5.96. The van der Waals surface area contributed by atoms with Crippen LogP contribution in [0.25, 0.3) is 0 Å². The lowest BCUT2D eigenvalue weighted by molar-refractivity contribution is 0.103. The number of carbonyl (C=O) groups is 1. The van der Waals surface area contributed by atoms with Gasteiger partial charge >= 0.3 is 0 Å². The van der Waals surface area contributed by atoms with Crippen LogP contribution >= 0.6 is 11.6 Å². The number of pyridine rings is 2. The SMILES string of the molecule is CCOCc1ccc(S(=O)(=O)Nc2cc(Cl)cnc2C(=O)c2ccc(OC(C)C)nc2)cc1. The molecule has 2 aromatic heterocycles. The number of hydrogen-bond acceptors (Lipinski definition) is 7. The Morgan fingerprint density at radius 3 is 2.42 bits per heavy atom. The van der Waals surface area contributed by atoms with Gasteiger partial charge in [0, 0.05) is 30.6 Å². The van der Waals surface area contributed by atoms with Crippen molar-refractivity contribution in [3.8, 4) is 5.88 Å².